The number of anilines is 1. The zero-order valence-corrected chi connectivity index (χ0v) is 13.4. The average molecular weight is 377 g/mol. The quantitative estimate of drug-likeness (QED) is 0.747. The topological polar surface area (TPSA) is 29.5 Å². The van der Waals surface area contributed by atoms with Crippen molar-refractivity contribution in [2.24, 2.45) is 0 Å². The Morgan fingerprint density at radius 2 is 2.00 bits per heavy atom. The highest BCUT2D eigenvalue weighted by Crippen LogP contribution is 2.35. The van der Waals surface area contributed by atoms with Crippen LogP contribution >= 0.6 is 31.9 Å². The van der Waals surface area contributed by atoms with Gasteiger partial charge in [0.15, 0.2) is 0 Å². The molecule has 3 nitrogen and oxygen atoms in total. The highest BCUT2D eigenvalue weighted by molar-refractivity contribution is 9.11. The molecular weight excluding hydrogens is 362 g/mol. The van der Waals surface area contributed by atoms with Gasteiger partial charge in [0.05, 0.1) is 17.9 Å². The van der Waals surface area contributed by atoms with Crippen LogP contribution < -0.4 is 4.90 Å². The minimum atomic E-state index is -0.263. The van der Waals surface area contributed by atoms with Crippen LogP contribution in [0.2, 0.25) is 0 Å². The smallest absolute Gasteiger partial charge is 0.340 e. The Balaban J connectivity index is 2.44. The summed E-state index contributed by atoms with van der Waals surface area (Å²) in [5, 5.41) is 0. The first-order valence-electron chi connectivity index (χ1n) is 6.04. The Labute approximate surface area is 124 Å². The maximum Gasteiger partial charge on any atom is 0.340 e. The van der Waals surface area contributed by atoms with Crippen LogP contribution in [0.25, 0.3) is 0 Å². The molecule has 98 valence electrons. The standard InChI is InChI=1S/C13H15Br2NO2/c1-2-18-13(17)10-7-9(14)8-11(15)12(10)16-5-3-4-6-16/h7-8H,2-6H2,1H3. The van der Waals surface area contributed by atoms with Gasteiger partial charge in [0.25, 0.3) is 0 Å². The third-order valence-electron chi connectivity index (χ3n) is 2.95. The summed E-state index contributed by atoms with van der Waals surface area (Å²) in [6.07, 6.45) is 2.34. The second kappa shape index (κ2) is 6.06. The van der Waals surface area contributed by atoms with Gasteiger partial charge in [0.1, 0.15) is 0 Å². The summed E-state index contributed by atoms with van der Waals surface area (Å²) in [6.45, 7) is 4.20. The summed E-state index contributed by atoms with van der Waals surface area (Å²) in [6, 6.07) is 3.80. The van der Waals surface area contributed by atoms with E-state index < -0.39 is 0 Å². The molecule has 1 saturated heterocycles. The van der Waals surface area contributed by atoms with Gasteiger partial charge in [0.2, 0.25) is 0 Å². The van der Waals surface area contributed by atoms with E-state index in [2.05, 4.69) is 36.8 Å². The molecule has 1 fully saturated rings. The van der Waals surface area contributed by atoms with Crippen molar-refractivity contribution in [1.82, 2.24) is 0 Å². The highest BCUT2D eigenvalue weighted by Gasteiger charge is 2.23. The van der Waals surface area contributed by atoms with Crippen LogP contribution in [0.3, 0.4) is 0 Å². The fourth-order valence-corrected chi connectivity index (χ4v) is 3.67. The number of rotatable bonds is 3. The SMILES string of the molecule is CCOC(=O)c1cc(Br)cc(Br)c1N1CCCC1. The lowest BCUT2D eigenvalue weighted by atomic mass is 10.1. The molecule has 0 radical (unpaired) electrons. The zero-order valence-electron chi connectivity index (χ0n) is 10.2. The van der Waals surface area contributed by atoms with Gasteiger partial charge in [-0.15, -0.1) is 0 Å². The first-order valence-corrected chi connectivity index (χ1v) is 7.63. The van der Waals surface area contributed by atoms with Crippen molar-refractivity contribution in [1.29, 1.82) is 0 Å². The lowest BCUT2D eigenvalue weighted by molar-refractivity contribution is 0.0527. The summed E-state index contributed by atoms with van der Waals surface area (Å²) >= 11 is 6.97. The molecule has 0 amide bonds. The largest absolute Gasteiger partial charge is 0.462 e. The predicted octanol–water partition coefficient (Wildman–Crippen LogP) is 3.99. The van der Waals surface area contributed by atoms with Gasteiger partial charge in [-0.3, -0.25) is 0 Å². The van der Waals surface area contributed by atoms with Crippen LogP contribution in [0.4, 0.5) is 5.69 Å². The summed E-state index contributed by atoms with van der Waals surface area (Å²) in [4.78, 5) is 14.3. The number of halogens is 2. The first kappa shape index (κ1) is 13.9. The van der Waals surface area contributed by atoms with Crippen molar-refractivity contribution >= 4 is 43.5 Å². The molecule has 0 unspecified atom stereocenters. The van der Waals surface area contributed by atoms with Gasteiger partial charge in [-0.25, -0.2) is 4.79 Å². The van der Waals surface area contributed by atoms with Crippen LogP contribution in [0.1, 0.15) is 30.1 Å². The molecule has 0 bridgehead atoms. The van der Waals surface area contributed by atoms with E-state index in [4.69, 9.17) is 4.74 Å². The number of benzene rings is 1. The zero-order chi connectivity index (χ0) is 13.1. The molecular formula is C13H15Br2NO2. The molecule has 1 aliphatic heterocycles. The van der Waals surface area contributed by atoms with Gasteiger partial charge in [-0.1, -0.05) is 15.9 Å². The Hall–Kier alpha value is -0.550. The summed E-state index contributed by atoms with van der Waals surface area (Å²) in [5.41, 5.74) is 1.58. The monoisotopic (exact) mass is 375 g/mol. The minimum Gasteiger partial charge on any atom is -0.462 e. The van der Waals surface area contributed by atoms with Crippen molar-refractivity contribution in [2.75, 3.05) is 24.6 Å². The molecule has 0 saturated carbocycles. The minimum absolute atomic E-state index is 0.263. The molecule has 0 N–H and O–H groups in total. The molecule has 2 rings (SSSR count). The Bertz CT molecular complexity index is 457. The molecule has 5 heteroatoms. The maximum atomic E-state index is 12.0. The van der Waals surface area contributed by atoms with E-state index in [-0.39, 0.29) is 5.97 Å². The van der Waals surface area contributed by atoms with Crippen molar-refractivity contribution in [3.63, 3.8) is 0 Å². The van der Waals surface area contributed by atoms with E-state index >= 15 is 0 Å². The fraction of sp³-hybridized carbons (Fsp3) is 0.462. The van der Waals surface area contributed by atoms with Crippen molar-refractivity contribution in [3.05, 3.63) is 26.6 Å². The molecule has 18 heavy (non-hydrogen) atoms. The fourth-order valence-electron chi connectivity index (χ4n) is 2.19. The lowest BCUT2D eigenvalue weighted by Crippen LogP contribution is -2.22. The van der Waals surface area contributed by atoms with E-state index in [1.54, 1.807) is 0 Å². The Kier molecular flexibility index (Phi) is 4.67. The second-order valence-electron chi connectivity index (χ2n) is 4.20. The second-order valence-corrected chi connectivity index (χ2v) is 5.97. The number of hydrogen-bond acceptors (Lipinski definition) is 3. The third-order valence-corrected chi connectivity index (χ3v) is 4.01. The predicted molar refractivity (Wildman–Crippen MR) is 79.2 cm³/mol. The van der Waals surface area contributed by atoms with Gasteiger partial charge < -0.3 is 9.64 Å². The number of carbonyl (C=O) groups excluding carboxylic acids is 1. The van der Waals surface area contributed by atoms with E-state index in [9.17, 15) is 4.79 Å². The summed E-state index contributed by atoms with van der Waals surface area (Å²) in [5.74, 6) is -0.263. The van der Waals surface area contributed by atoms with E-state index in [0.29, 0.717) is 12.2 Å². The lowest BCUT2D eigenvalue weighted by Gasteiger charge is -2.22. The number of carbonyl (C=O) groups is 1. The molecule has 0 spiro atoms. The summed E-state index contributed by atoms with van der Waals surface area (Å²) in [7, 11) is 0. The van der Waals surface area contributed by atoms with E-state index in [1.807, 2.05) is 19.1 Å². The molecule has 1 aromatic carbocycles. The van der Waals surface area contributed by atoms with Crippen molar-refractivity contribution < 1.29 is 9.53 Å². The third kappa shape index (κ3) is 2.88. The number of hydrogen-bond donors (Lipinski definition) is 0. The number of nitrogens with zero attached hydrogens (tertiary/aromatic N) is 1. The first-order chi connectivity index (χ1) is 8.63. The van der Waals surface area contributed by atoms with Crippen LogP contribution in [0.5, 0.6) is 0 Å². The number of esters is 1. The number of ether oxygens (including phenoxy) is 1. The van der Waals surface area contributed by atoms with Crippen LogP contribution in [-0.2, 0) is 4.74 Å². The van der Waals surface area contributed by atoms with Gasteiger partial charge in [-0.05, 0) is 47.8 Å². The van der Waals surface area contributed by atoms with Gasteiger partial charge >= 0.3 is 5.97 Å². The van der Waals surface area contributed by atoms with Gasteiger partial charge in [0, 0.05) is 22.0 Å². The van der Waals surface area contributed by atoms with Crippen LogP contribution in [0.15, 0.2) is 21.1 Å². The van der Waals surface area contributed by atoms with E-state index in [0.717, 1.165) is 27.7 Å². The van der Waals surface area contributed by atoms with Crippen molar-refractivity contribution in [2.45, 2.75) is 19.8 Å². The Morgan fingerprint density at radius 1 is 1.33 bits per heavy atom. The van der Waals surface area contributed by atoms with Crippen LogP contribution in [-0.4, -0.2) is 25.7 Å². The molecule has 1 aliphatic rings. The van der Waals surface area contributed by atoms with Crippen molar-refractivity contribution in [3.8, 4) is 0 Å². The molecule has 0 aliphatic carbocycles. The molecule has 0 aromatic heterocycles. The molecule has 1 heterocycles. The normalized spacial score (nSPS) is 14.9. The molecule has 1 aromatic rings. The average Bonchev–Trinajstić information content (AvgIpc) is 2.81. The highest BCUT2D eigenvalue weighted by atomic mass is 79.9. The maximum absolute atomic E-state index is 12.0. The van der Waals surface area contributed by atoms with E-state index in [1.165, 1.54) is 12.8 Å². The summed E-state index contributed by atoms with van der Waals surface area (Å²) < 4.78 is 6.94. The Morgan fingerprint density at radius 3 is 2.61 bits per heavy atom. The van der Waals surface area contributed by atoms with Crippen LogP contribution in [0, 0.1) is 0 Å². The molecule has 0 atom stereocenters. The van der Waals surface area contributed by atoms with Gasteiger partial charge in [-0.2, -0.15) is 0 Å².